The summed E-state index contributed by atoms with van der Waals surface area (Å²) >= 11 is 0. The van der Waals surface area contributed by atoms with Crippen LogP contribution in [0, 0.1) is 4.91 Å². The molecule has 1 N–H and O–H groups in total. The number of morpholine rings is 1. The van der Waals surface area contributed by atoms with Gasteiger partial charge in [0.05, 0.1) is 18.8 Å². The standard InChI is InChI=1S/C17H25N3O2/c21-19-7-4-15-2-1-3-16(12-15)13-20-9-5-17(6-10-20)14-18-8-11-22-17/h1-3,12,18H,4-11,13-14H2. The number of hydrogen-bond acceptors (Lipinski definition) is 5. The molecule has 0 aromatic heterocycles. The number of rotatable bonds is 5. The summed E-state index contributed by atoms with van der Waals surface area (Å²) in [7, 11) is 0. The quantitative estimate of drug-likeness (QED) is 0.845. The molecule has 0 amide bonds. The maximum Gasteiger partial charge on any atom is 0.0851 e. The zero-order valence-corrected chi connectivity index (χ0v) is 13.1. The van der Waals surface area contributed by atoms with Crippen LogP contribution in [0.25, 0.3) is 0 Å². The van der Waals surface area contributed by atoms with Crippen LogP contribution in [0.2, 0.25) is 0 Å². The van der Waals surface area contributed by atoms with Crippen molar-refractivity contribution in [3.05, 3.63) is 40.3 Å². The van der Waals surface area contributed by atoms with Gasteiger partial charge in [0.15, 0.2) is 0 Å². The van der Waals surface area contributed by atoms with E-state index in [1.807, 2.05) is 0 Å². The molecule has 120 valence electrons. The predicted octanol–water partition coefficient (Wildman–Crippen LogP) is 1.95. The van der Waals surface area contributed by atoms with E-state index < -0.39 is 0 Å². The lowest BCUT2D eigenvalue weighted by Crippen LogP contribution is -2.55. The smallest absolute Gasteiger partial charge is 0.0851 e. The van der Waals surface area contributed by atoms with Gasteiger partial charge in [0.2, 0.25) is 0 Å². The summed E-state index contributed by atoms with van der Waals surface area (Å²) in [5, 5.41) is 6.40. The molecular formula is C17H25N3O2. The molecule has 1 aromatic carbocycles. The fourth-order valence-electron chi connectivity index (χ4n) is 3.46. The van der Waals surface area contributed by atoms with Crippen molar-refractivity contribution in [3.63, 3.8) is 0 Å². The van der Waals surface area contributed by atoms with Crippen LogP contribution in [0.4, 0.5) is 0 Å². The van der Waals surface area contributed by atoms with E-state index in [1.54, 1.807) is 0 Å². The van der Waals surface area contributed by atoms with Crippen LogP contribution < -0.4 is 5.32 Å². The van der Waals surface area contributed by atoms with Crippen molar-refractivity contribution >= 4 is 0 Å². The second-order valence-corrected chi connectivity index (χ2v) is 6.41. The molecule has 1 spiro atoms. The molecule has 0 saturated carbocycles. The van der Waals surface area contributed by atoms with E-state index in [-0.39, 0.29) is 5.60 Å². The van der Waals surface area contributed by atoms with Gasteiger partial charge in [-0.2, -0.15) is 4.91 Å². The zero-order valence-electron chi connectivity index (χ0n) is 13.1. The number of nitrogens with one attached hydrogen (secondary N) is 1. The second kappa shape index (κ2) is 7.31. The van der Waals surface area contributed by atoms with Crippen molar-refractivity contribution < 1.29 is 4.74 Å². The summed E-state index contributed by atoms with van der Waals surface area (Å²) < 4.78 is 6.04. The van der Waals surface area contributed by atoms with Gasteiger partial charge in [-0.25, -0.2) is 0 Å². The number of nitroso groups, excluding NO2 is 1. The minimum absolute atomic E-state index is 0.0756. The maximum atomic E-state index is 10.3. The van der Waals surface area contributed by atoms with E-state index in [0.29, 0.717) is 6.54 Å². The molecule has 0 aliphatic carbocycles. The molecule has 2 aliphatic rings. The average molecular weight is 303 g/mol. The molecule has 5 heteroatoms. The first-order valence-electron chi connectivity index (χ1n) is 8.24. The van der Waals surface area contributed by atoms with Crippen LogP contribution in [0.1, 0.15) is 24.0 Å². The molecule has 22 heavy (non-hydrogen) atoms. The van der Waals surface area contributed by atoms with Crippen molar-refractivity contribution in [3.8, 4) is 0 Å². The van der Waals surface area contributed by atoms with Gasteiger partial charge in [-0.3, -0.25) is 4.90 Å². The SMILES string of the molecule is O=NCCc1cccc(CN2CCC3(CC2)CNCCO3)c1. The van der Waals surface area contributed by atoms with Gasteiger partial charge < -0.3 is 10.1 Å². The molecule has 0 bridgehead atoms. The molecular weight excluding hydrogens is 278 g/mol. The molecule has 2 heterocycles. The van der Waals surface area contributed by atoms with Crippen LogP contribution in [0.5, 0.6) is 0 Å². The third-order valence-corrected chi connectivity index (χ3v) is 4.79. The lowest BCUT2D eigenvalue weighted by atomic mass is 9.90. The van der Waals surface area contributed by atoms with Crippen LogP contribution in [-0.4, -0.2) is 49.8 Å². The molecule has 0 atom stereocenters. The number of piperidine rings is 1. The Morgan fingerprint density at radius 2 is 2.09 bits per heavy atom. The number of likely N-dealkylation sites (tertiary alicyclic amines) is 1. The van der Waals surface area contributed by atoms with Crippen molar-refractivity contribution in [2.45, 2.75) is 31.4 Å². The Hall–Kier alpha value is -1.30. The van der Waals surface area contributed by atoms with Crippen molar-refractivity contribution in [2.24, 2.45) is 5.18 Å². The van der Waals surface area contributed by atoms with E-state index in [0.717, 1.165) is 58.6 Å². The van der Waals surface area contributed by atoms with E-state index in [2.05, 4.69) is 39.7 Å². The molecule has 0 unspecified atom stereocenters. The molecule has 5 nitrogen and oxygen atoms in total. The van der Waals surface area contributed by atoms with Gasteiger partial charge in [-0.1, -0.05) is 29.4 Å². The molecule has 2 aliphatic heterocycles. The summed E-state index contributed by atoms with van der Waals surface area (Å²) in [5.41, 5.74) is 2.60. The Kier molecular flexibility index (Phi) is 5.18. The first-order valence-corrected chi connectivity index (χ1v) is 8.24. The Labute approximate surface area is 132 Å². The topological polar surface area (TPSA) is 53.9 Å². The first-order chi connectivity index (χ1) is 10.8. The Morgan fingerprint density at radius 1 is 1.27 bits per heavy atom. The van der Waals surface area contributed by atoms with Crippen LogP contribution in [0.15, 0.2) is 29.4 Å². The van der Waals surface area contributed by atoms with E-state index in [1.165, 1.54) is 11.1 Å². The summed E-state index contributed by atoms with van der Waals surface area (Å²) in [6.45, 7) is 6.32. The van der Waals surface area contributed by atoms with Crippen LogP contribution in [0.3, 0.4) is 0 Å². The minimum atomic E-state index is 0.0756. The summed E-state index contributed by atoms with van der Waals surface area (Å²) in [6.07, 6.45) is 2.95. The minimum Gasteiger partial charge on any atom is -0.372 e. The van der Waals surface area contributed by atoms with Gasteiger partial charge in [0.25, 0.3) is 0 Å². The number of ether oxygens (including phenoxy) is 1. The van der Waals surface area contributed by atoms with Crippen molar-refractivity contribution in [1.29, 1.82) is 0 Å². The predicted molar refractivity (Wildman–Crippen MR) is 86.9 cm³/mol. The molecule has 2 saturated heterocycles. The van der Waals surface area contributed by atoms with E-state index in [4.69, 9.17) is 4.74 Å². The third-order valence-electron chi connectivity index (χ3n) is 4.79. The Bertz CT molecular complexity index is 490. The normalized spacial score (nSPS) is 21.8. The average Bonchev–Trinajstić information content (AvgIpc) is 2.57. The monoisotopic (exact) mass is 303 g/mol. The Balaban J connectivity index is 1.53. The van der Waals surface area contributed by atoms with Crippen molar-refractivity contribution in [1.82, 2.24) is 10.2 Å². The first kappa shape index (κ1) is 15.6. The lowest BCUT2D eigenvalue weighted by molar-refractivity contribution is -0.100. The summed E-state index contributed by atoms with van der Waals surface area (Å²) in [6, 6.07) is 8.52. The van der Waals surface area contributed by atoms with E-state index in [9.17, 15) is 4.91 Å². The highest BCUT2D eigenvalue weighted by atomic mass is 16.5. The van der Waals surface area contributed by atoms with Gasteiger partial charge in [0, 0.05) is 32.7 Å². The lowest BCUT2D eigenvalue weighted by Gasteiger charge is -2.44. The number of nitrogens with zero attached hydrogens (tertiary/aromatic N) is 2. The van der Waals surface area contributed by atoms with Gasteiger partial charge >= 0.3 is 0 Å². The van der Waals surface area contributed by atoms with Gasteiger partial charge in [-0.05, 0) is 30.4 Å². The number of hydrogen-bond donors (Lipinski definition) is 1. The summed E-state index contributed by atoms with van der Waals surface area (Å²) in [5.74, 6) is 0. The third kappa shape index (κ3) is 3.91. The Morgan fingerprint density at radius 3 is 2.82 bits per heavy atom. The maximum absolute atomic E-state index is 10.3. The highest BCUT2D eigenvalue weighted by Crippen LogP contribution is 2.28. The van der Waals surface area contributed by atoms with Gasteiger partial charge in [0.1, 0.15) is 0 Å². The molecule has 1 aromatic rings. The number of benzene rings is 1. The largest absolute Gasteiger partial charge is 0.372 e. The fourth-order valence-corrected chi connectivity index (χ4v) is 3.46. The molecule has 2 fully saturated rings. The van der Waals surface area contributed by atoms with Gasteiger partial charge in [-0.15, -0.1) is 0 Å². The highest BCUT2D eigenvalue weighted by molar-refractivity contribution is 5.23. The van der Waals surface area contributed by atoms with Crippen LogP contribution >= 0.6 is 0 Å². The molecule has 0 radical (unpaired) electrons. The second-order valence-electron chi connectivity index (χ2n) is 6.41. The molecule has 3 rings (SSSR count). The van der Waals surface area contributed by atoms with Crippen LogP contribution in [-0.2, 0) is 17.7 Å². The van der Waals surface area contributed by atoms with E-state index >= 15 is 0 Å². The fraction of sp³-hybridized carbons (Fsp3) is 0.647. The summed E-state index contributed by atoms with van der Waals surface area (Å²) in [4.78, 5) is 12.8. The van der Waals surface area contributed by atoms with Crippen molar-refractivity contribution in [2.75, 3.05) is 39.3 Å². The highest BCUT2D eigenvalue weighted by Gasteiger charge is 2.36. The zero-order chi connectivity index (χ0) is 15.3.